The van der Waals surface area contributed by atoms with Crippen LogP contribution in [0, 0.1) is 0 Å². The van der Waals surface area contributed by atoms with Crippen molar-refractivity contribution in [3.8, 4) is 23.0 Å². The predicted octanol–water partition coefficient (Wildman–Crippen LogP) is 5.35. The number of aliphatic hydroxyl groups is 1. The van der Waals surface area contributed by atoms with Gasteiger partial charge in [-0.25, -0.2) is 4.98 Å². The molecule has 1 N–H and O–H groups in total. The molecule has 4 aromatic rings. The van der Waals surface area contributed by atoms with E-state index in [9.17, 15) is 14.7 Å². The number of nitrogens with zero attached hydrogens (tertiary/aromatic N) is 2. The van der Waals surface area contributed by atoms with Gasteiger partial charge in [-0.1, -0.05) is 11.3 Å². The molecule has 1 fully saturated rings. The van der Waals surface area contributed by atoms with Gasteiger partial charge in [0, 0.05) is 11.1 Å². The molecule has 5 rings (SSSR count). The summed E-state index contributed by atoms with van der Waals surface area (Å²) in [7, 11) is 4.54. The molecule has 0 bridgehead atoms. The first-order valence-electron chi connectivity index (χ1n) is 12.1. The van der Waals surface area contributed by atoms with Gasteiger partial charge in [0.25, 0.3) is 5.78 Å². The number of carbonyl (C=O) groups excluding carboxylic acids is 2. The molecule has 10 heteroatoms. The first kappa shape index (κ1) is 26.1. The van der Waals surface area contributed by atoms with Crippen LogP contribution in [0.25, 0.3) is 16.0 Å². The molecule has 1 aliphatic rings. The normalized spacial score (nSPS) is 16.5. The van der Waals surface area contributed by atoms with E-state index in [4.69, 9.17) is 18.9 Å². The van der Waals surface area contributed by atoms with Crippen LogP contribution in [0.1, 0.15) is 24.1 Å². The zero-order valence-electron chi connectivity index (χ0n) is 21.8. The third-order valence-corrected chi connectivity index (χ3v) is 7.42. The minimum atomic E-state index is -1.04. The molecule has 1 aliphatic heterocycles. The summed E-state index contributed by atoms with van der Waals surface area (Å²) in [5.74, 6) is 0.177. The van der Waals surface area contributed by atoms with Gasteiger partial charge in [-0.15, -0.1) is 0 Å². The maximum Gasteiger partial charge on any atom is 0.301 e. The molecule has 39 heavy (non-hydrogen) atoms. The van der Waals surface area contributed by atoms with Crippen molar-refractivity contribution < 1.29 is 33.6 Å². The smallest absolute Gasteiger partial charge is 0.301 e. The van der Waals surface area contributed by atoms with Crippen molar-refractivity contribution >= 4 is 44.1 Å². The van der Waals surface area contributed by atoms with Crippen LogP contribution in [0.15, 0.2) is 66.2 Å². The van der Waals surface area contributed by atoms with E-state index in [1.807, 2.05) is 13.0 Å². The quantitative estimate of drug-likeness (QED) is 0.179. The Hall–Kier alpha value is -4.57. The van der Waals surface area contributed by atoms with E-state index in [1.54, 1.807) is 54.6 Å². The van der Waals surface area contributed by atoms with Crippen LogP contribution in [-0.4, -0.2) is 49.7 Å². The summed E-state index contributed by atoms with van der Waals surface area (Å²) in [5.41, 5.74) is 1.37. The number of carbonyl (C=O) groups is 2. The molecule has 1 aromatic heterocycles. The molecule has 0 aliphatic carbocycles. The Bertz CT molecular complexity index is 1590. The van der Waals surface area contributed by atoms with Gasteiger partial charge >= 0.3 is 5.91 Å². The Kier molecular flexibility index (Phi) is 7.12. The summed E-state index contributed by atoms with van der Waals surface area (Å²) in [5, 5.41) is 11.7. The fraction of sp³-hybridized carbons (Fsp3) is 0.207. The largest absolute Gasteiger partial charge is 0.507 e. The van der Waals surface area contributed by atoms with Gasteiger partial charge in [0.1, 0.15) is 34.8 Å². The molecule has 1 saturated heterocycles. The van der Waals surface area contributed by atoms with Gasteiger partial charge < -0.3 is 24.1 Å². The Morgan fingerprint density at radius 3 is 2.28 bits per heavy atom. The van der Waals surface area contributed by atoms with Crippen molar-refractivity contribution in [2.75, 3.05) is 32.8 Å². The standard InChI is InChI=1S/C29H26N2O7S/c1-5-38-19-10-12-21-23(15-19)39-29(30-21)31-25(20-14-18(36-3)11-13-22(20)37-4)24(27(33)28(31)34)26(32)16-6-8-17(35-2)9-7-16/h6-15,25,32H,5H2,1-4H3/b26-24+/t25-/m0/s1. The highest BCUT2D eigenvalue weighted by molar-refractivity contribution is 7.22. The molecule has 1 atom stereocenters. The molecule has 1 amide bonds. The Morgan fingerprint density at radius 1 is 0.923 bits per heavy atom. The highest BCUT2D eigenvalue weighted by atomic mass is 32.1. The fourth-order valence-corrected chi connectivity index (χ4v) is 5.55. The lowest BCUT2D eigenvalue weighted by Crippen LogP contribution is -2.29. The van der Waals surface area contributed by atoms with E-state index in [-0.39, 0.29) is 11.3 Å². The Morgan fingerprint density at radius 2 is 1.62 bits per heavy atom. The average molecular weight is 547 g/mol. The van der Waals surface area contributed by atoms with Gasteiger partial charge in [0.15, 0.2) is 5.13 Å². The van der Waals surface area contributed by atoms with Crippen LogP contribution >= 0.6 is 11.3 Å². The predicted molar refractivity (Wildman–Crippen MR) is 148 cm³/mol. The molecule has 2 heterocycles. The topological polar surface area (TPSA) is 107 Å². The van der Waals surface area contributed by atoms with Gasteiger partial charge in [-0.05, 0) is 67.6 Å². The molecule has 0 saturated carbocycles. The van der Waals surface area contributed by atoms with Crippen LogP contribution in [0.3, 0.4) is 0 Å². The van der Waals surface area contributed by atoms with Crippen LogP contribution in [0.4, 0.5) is 5.13 Å². The molecule has 0 spiro atoms. The van der Waals surface area contributed by atoms with E-state index in [1.165, 1.54) is 37.6 Å². The number of anilines is 1. The van der Waals surface area contributed by atoms with Crippen molar-refractivity contribution in [1.29, 1.82) is 0 Å². The fourth-order valence-electron chi connectivity index (χ4n) is 4.53. The number of aromatic nitrogens is 1. The number of aliphatic hydroxyl groups excluding tert-OH is 1. The zero-order valence-corrected chi connectivity index (χ0v) is 22.6. The number of methoxy groups -OCH3 is 3. The summed E-state index contributed by atoms with van der Waals surface area (Å²) in [4.78, 5) is 33.2. The summed E-state index contributed by atoms with van der Waals surface area (Å²) in [6.45, 7) is 2.40. The molecule has 200 valence electrons. The summed E-state index contributed by atoms with van der Waals surface area (Å²) >= 11 is 1.25. The van der Waals surface area contributed by atoms with Crippen molar-refractivity contribution in [2.24, 2.45) is 0 Å². The lowest BCUT2D eigenvalue weighted by Gasteiger charge is -2.25. The zero-order chi connectivity index (χ0) is 27.7. The second-order valence-corrected chi connectivity index (χ2v) is 9.57. The number of hydrogen-bond acceptors (Lipinski definition) is 9. The van der Waals surface area contributed by atoms with Crippen molar-refractivity contribution in [3.63, 3.8) is 0 Å². The SMILES string of the molecule is CCOc1ccc2nc(N3C(=O)C(=O)/C(=C(/O)c4ccc(OC)cc4)[C@@H]3c3cc(OC)ccc3OC)sc2c1. The average Bonchev–Trinajstić information content (AvgIpc) is 3.49. The van der Waals surface area contributed by atoms with E-state index in [0.29, 0.717) is 51.4 Å². The highest BCUT2D eigenvalue weighted by Crippen LogP contribution is 2.47. The van der Waals surface area contributed by atoms with Crippen LogP contribution in [0.5, 0.6) is 23.0 Å². The number of ether oxygens (including phenoxy) is 4. The Balaban J connectivity index is 1.74. The van der Waals surface area contributed by atoms with Gasteiger partial charge in [0.2, 0.25) is 0 Å². The lowest BCUT2D eigenvalue weighted by molar-refractivity contribution is -0.132. The monoisotopic (exact) mass is 546 g/mol. The number of thiazole rings is 1. The minimum Gasteiger partial charge on any atom is -0.507 e. The second-order valence-electron chi connectivity index (χ2n) is 8.56. The number of fused-ring (bicyclic) bond motifs is 1. The van der Waals surface area contributed by atoms with Gasteiger partial charge in [-0.3, -0.25) is 14.5 Å². The number of ketones is 1. The van der Waals surface area contributed by atoms with Crippen molar-refractivity contribution in [3.05, 3.63) is 77.4 Å². The molecule has 0 radical (unpaired) electrons. The third kappa shape index (κ3) is 4.63. The van der Waals surface area contributed by atoms with E-state index >= 15 is 0 Å². The van der Waals surface area contributed by atoms with Crippen LogP contribution in [0.2, 0.25) is 0 Å². The maximum absolute atomic E-state index is 13.6. The Labute approximate surface area is 228 Å². The van der Waals surface area contributed by atoms with Gasteiger partial charge in [0.05, 0.1) is 43.7 Å². The molecule has 9 nitrogen and oxygen atoms in total. The first-order chi connectivity index (χ1) is 18.9. The third-order valence-electron chi connectivity index (χ3n) is 6.41. The van der Waals surface area contributed by atoms with E-state index in [0.717, 1.165) is 4.70 Å². The molecule has 0 unspecified atom stereocenters. The molecular weight excluding hydrogens is 520 g/mol. The van der Waals surface area contributed by atoms with E-state index < -0.39 is 17.7 Å². The molecule has 3 aromatic carbocycles. The lowest BCUT2D eigenvalue weighted by atomic mass is 9.94. The maximum atomic E-state index is 13.6. The summed E-state index contributed by atoms with van der Waals surface area (Å²) in [6.07, 6.45) is 0. The second kappa shape index (κ2) is 10.7. The number of Topliss-reactive ketones (excluding diaryl/α,β-unsaturated/α-hetero) is 1. The number of rotatable bonds is 8. The van der Waals surface area contributed by atoms with Crippen LogP contribution in [-0.2, 0) is 9.59 Å². The van der Waals surface area contributed by atoms with Crippen molar-refractivity contribution in [2.45, 2.75) is 13.0 Å². The summed E-state index contributed by atoms with van der Waals surface area (Å²) in [6, 6.07) is 16.1. The number of hydrogen-bond donors (Lipinski definition) is 1. The number of benzene rings is 3. The minimum absolute atomic E-state index is 0.0917. The first-order valence-corrected chi connectivity index (χ1v) is 12.9. The van der Waals surface area contributed by atoms with Gasteiger partial charge in [-0.2, -0.15) is 0 Å². The highest BCUT2D eigenvalue weighted by Gasteiger charge is 2.49. The summed E-state index contributed by atoms with van der Waals surface area (Å²) < 4.78 is 22.7. The van der Waals surface area contributed by atoms with E-state index in [2.05, 4.69) is 4.98 Å². The molecular formula is C29H26N2O7S. The number of amides is 1. The van der Waals surface area contributed by atoms with Crippen molar-refractivity contribution in [1.82, 2.24) is 4.98 Å². The van der Waals surface area contributed by atoms with Crippen LogP contribution < -0.4 is 23.8 Å².